The van der Waals surface area contributed by atoms with Gasteiger partial charge in [0, 0.05) is 11.5 Å². The summed E-state index contributed by atoms with van der Waals surface area (Å²) in [5, 5.41) is 1.28. The van der Waals surface area contributed by atoms with Crippen molar-refractivity contribution in [3.05, 3.63) is 64.8 Å². The standard InChI is InChI=1S/C17H14ClNO3/c1-21-17(20)16-9-13-14(18)7-12(8-15(13)19-16)22-10-11-5-3-2-4-6-11/h2-9,19H,10H2,1H3. The van der Waals surface area contributed by atoms with Gasteiger partial charge in [-0.05, 0) is 17.7 Å². The molecule has 1 heterocycles. The molecular formula is C17H14ClNO3. The molecule has 3 aromatic rings. The molecule has 1 aromatic heterocycles. The topological polar surface area (TPSA) is 51.3 Å². The quantitative estimate of drug-likeness (QED) is 0.735. The number of carbonyl (C=O) groups is 1. The zero-order chi connectivity index (χ0) is 15.5. The zero-order valence-corrected chi connectivity index (χ0v) is 12.7. The predicted molar refractivity (Wildman–Crippen MR) is 85.4 cm³/mol. The van der Waals surface area contributed by atoms with Crippen molar-refractivity contribution < 1.29 is 14.3 Å². The first-order valence-corrected chi connectivity index (χ1v) is 7.12. The van der Waals surface area contributed by atoms with E-state index in [1.807, 2.05) is 36.4 Å². The van der Waals surface area contributed by atoms with Crippen LogP contribution in [0.2, 0.25) is 5.02 Å². The minimum Gasteiger partial charge on any atom is -0.489 e. The third kappa shape index (κ3) is 2.92. The Kier molecular flexibility index (Phi) is 4.02. The second-order valence-electron chi connectivity index (χ2n) is 4.82. The van der Waals surface area contributed by atoms with Crippen LogP contribution in [-0.4, -0.2) is 18.1 Å². The van der Waals surface area contributed by atoms with Gasteiger partial charge in [0.2, 0.25) is 0 Å². The van der Waals surface area contributed by atoms with Crippen LogP contribution in [0.4, 0.5) is 0 Å². The van der Waals surface area contributed by atoms with Crippen LogP contribution in [0.1, 0.15) is 16.1 Å². The maximum Gasteiger partial charge on any atom is 0.354 e. The maximum absolute atomic E-state index is 11.6. The molecule has 112 valence electrons. The van der Waals surface area contributed by atoms with E-state index in [4.69, 9.17) is 21.1 Å². The predicted octanol–water partition coefficient (Wildman–Crippen LogP) is 4.19. The molecule has 0 aliphatic carbocycles. The number of nitrogens with one attached hydrogen (secondary N) is 1. The lowest BCUT2D eigenvalue weighted by Crippen LogP contribution is -2.00. The highest BCUT2D eigenvalue weighted by Gasteiger charge is 2.12. The van der Waals surface area contributed by atoms with E-state index in [0.717, 1.165) is 16.5 Å². The summed E-state index contributed by atoms with van der Waals surface area (Å²) in [6.45, 7) is 0.452. The fourth-order valence-electron chi connectivity index (χ4n) is 2.21. The Bertz CT molecular complexity index is 811. The molecule has 0 saturated carbocycles. The van der Waals surface area contributed by atoms with E-state index in [-0.39, 0.29) is 0 Å². The van der Waals surface area contributed by atoms with Crippen molar-refractivity contribution in [2.45, 2.75) is 6.61 Å². The minimum absolute atomic E-state index is 0.361. The number of carbonyl (C=O) groups excluding carboxylic acids is 1. The first kappa shape index (κ1) is 14.5. The van der Waals surface area contributed by atoms with Gasteiger partial charge in [0.25, 0.3) is 0 Å². The van der Waals surface area contributed by atoms with Crippen molar-refractivity contribution in [2.75, 3.05) is 7.11 Å². The average molecular weight is 316 g/mol. The number of hydrogen-bond donors (Lipinski definition) is 1. The number of benzene rings is 2. The third-order valence-electron chi connectivity index (χ3n) is 3.31. The molecule has 0 saturated heterocycles. The Morgan fingerprint density at radius 3 is 2.68 bits per heavy atom. The smallest absolute Gasteiger partial charge is 0.354 e. The van der Waals surface area contributed by atoms with E-state index in [0.29, 0.717) is 23.1 Å². The molecule has 22 heavy (non-hydrogen) atoms. The Balaban J connectivity index is 1.86. The van der Waals surface area contributed by atoms with Gasteiger partial charge < -0.3 is 14.5 Å². The lowest BCUT2D eigenvalue weighted by Gasteiger charge is -2.07. The fourth-order valence-corrected chi connectivity index (χ4v) is 2.48. The molecule has 0 unspecified atom stereocenters. The summed E-state index contributed by atoms with van der Waals surface area (Å²) in [6.07, 6.45) is 0. The number of H-pyrrole nitrogens is 1. The van der Waals surface area contributed by atoms with Gasteiger partial charge >= 0.3 is 5.97 Å². The Labute approximate surface area is 132 Å². The van der Waals surface area contributed by atoms with Gasteiger partial charge in [-0.1, -0.05) is 41.9 Å². The molecule has 5 heteroatoms. The van der Waals surface area contributed by atoms with Crippen LogP contribution in [0.25, 0.3) is 10.9 Å². The average Bonchev–Trinajstić information content (AvgIpc) is 2.98. The van der Waals surface area contributed by atoms with Gasteiger partial charge in [0.05, 0.1) is 17.6 Å². The fraction of sp³-hybridized carbons (Fsp3) is 0.118. The highest BCUT2D eigenvalue weighted by molar-refractivity contribution is 6.35. The second kappa shape index (κ2) is 6.12. The number of rotatable bonds is 4. The van der Waals surface area contributed by atoms with Gasteiger partial charge in [0.1, 0.15) is 18.1 Å². The molecule has 2 aromatic carbocycles. The first-order chi connectivity index (χ1) is 10.7. The normalized spacial score (nSPS) is 10.6. The summed E-state index contributed by atoms with van der Waals surface area (Å²) in [6, 6.07) is 15.1. The molecule has 0 amide bonds. The molecule has 0 spiro atoms. The summed E-state index contributed by atoms with van der Waals surface area (Å²) < 4.78 is 10.5. The van der Waals surface area contributed by atoms with Gasteiger partial charge in [-0.2, -0.15) is 0 Å². The highest BCUT2D eigenvalue weighted by atomic mass is 35.5. The van der Waals surface area contributed by atoms with Crippen LogP contribution in [0.5, 0.6) is 5.75 Å². The molecule has 1 N–H and O–H groups in total. The van der Waals surface area contributed by atoms with Crippen LogP contribution >= 0.6 is 11.6 Å². The molecule has 0 radical (unpaired) electrons. The van der Waals surface area contributed by atoms with Gasteiger partial charge in [-0.3, -0.25) is 0 Å². The van der Waals surface area contributed by atoms with Crippen molar-refractivity contribution in [1.29, 1.82) is 0 Å². The SMILES string of the molecule is COC(=O)c1cc2c(Cl)cc(OCc3ccccc3)cc2[nH]1. The summed E-state index contributed by atoms with van der Waals surface area (Å²) in [7, 11) is 1.34. The molecule has 0 atom stereocenters. The van der Waals surface area contributed by atoms with Crippen LogP contribution in [0.3, 0.4) is 0 Å². The van der Waals surface area contributed by atoms with Crippen LogP contribution in [0, 0.1) is 0 Å². The van der Waals surface area contributed by atoms with E-state index in [1.54, 1.807) is 12.1 Å². The molecule has 0 aliphatic rings. The van der Waals surface area contributed by atoms with Crippen LogP contribution in [0.15, 0.2) is 48.5 Å². The minimum atomic E-state index is -0.431. The van der Waals surface area contributed by atoms with E-state index < -0.39 is 5.97 Å². The first-order valence-electron chi connectivity index (χ1n) is 6.74. The number of hydrogen-bond acceptors (Lipinski definition) is 3. The van der Waals surface area contributed by atoms with E-state index >= 15 is 0 Å². The second-order valence-corrected chi connectivity index (χ2v) is 5.22. The van der Waals surface area contributed by atoms with Crippen molar-refractivity contribution in [3.8, 4) is 5.75 Å². The summed E-state index contributed by atoms with van der Waals surface area (Å²) >= 11 is 6.25. The zero-order valence-electron chi connectivity index (χ0n) is 11.9. The summed E-state index contributed by atoms with van der Waals surface area (Å²) in [5.74, 6) is 0.207. The number of methoxy groups -OCH3 is 1. The number of halogens is 1. The third-order valence-corrected chi connectivity index (χ3v) is 3.63. The van der Waals surface area contributed by atoms with Crippen molar-refractivity contribution in [2.24, 2.45) is 0 Å². The maximum atomic E-state index is 11.6. The summed E-state index contributed by atoms with van der Waals surface area (Å²) in [5.41, 5.74) is 2.16. The van der Waals surface area contributed by atoms with Crippen LogP contribution < -0.4 is 4.74 Å². The lowest BCUT2D eigenvalue weighted by molar-refractivity contribution is 0.0595. The number of ether oxygens (including phenoxy) is 2. The van der Waals surface area contributed by atoms with E-state index in [1.165, 1.54) is 7.11 Å². The number of aromatic nitrogens is 1. The van der Waals surface area contributed by atoms with Crippen molar-refractivity contribution in [3.63, 3.8) is 0 Å². The molecular weight excluding hydrogens is 302 g/mol. The van der Waals surface area contributed by atoms with Crippen molar-refractivity contribution in [1.82, 2.24) is 4.98 Å². The Morgan fingerprint density at radius 2 is 1.95 bits per heavy atom. The van der Waals surface area contributed by atoms with Crippen molar-refractivity contribution >= 4 is 28.5 Å². The van der Waals surface area contributed by atoms with Crippen LogP contribution in [-0.2, 0) is 11.3 Å². The molecule has 4 nitrogen and oxygen atoms in total. The van der Waals surface area contributed by atoms with Gasteiger partial charge in [-0.15, -0.1) is 0 Å². The Morgan fingerprint density at radius 1 is 1.18 bits per heavy atom. The van der Waals surface area contributed by atoms with E-state index in [2.05, 4.69) is 4.98 Å². The monoisotopic (exact) mass is 315 g/mol. The largest absolute Gasteiger partial charge is 0.489 e. The number of aromatic amines is 1. The summed E-state index contributed by atoms with van der Waals surface area (Å²) in [4.78, 5) is 14.5. The number of esters is 1. The lowest BCUT2D eigenvalue weighted by atomic mass is 10.2. The molecule has 0 fully saturated rings. The van der Waals surface area contributed by atoms with Gasteiger partial charge in [0.15, 0.2) is 0 Å². The Hall–Kier alpha value is -2.46. The van der Waals surface area contributed by atoms with Gasteiger partial charge in [-0.25, -0.2) is 4.79 Å². The van der Waals surface area contributed by atoms with E-state index in [9.17, 15) is 4.79 Å². The molecule has 0 aliphatic heterocycles. The number of fused-ring (bicyclic) bond motifs is 1. The molecule has 3 rings (SSSR count). The highest BCUT2D eigenvalue weighted by Crippen LogP contribution is 2.30. The molecule has 0 bridgehead atoms.